The molecule has 2 atom stereocenters. The molecule has 0 bridgehead atoms. The van der Waals surface area contributed by atoms with Crippen LogP contribution in [0.2, 0.25) is 0 Å². The molecule has 1 aromatic rings. The summed E-state index contributed by atoms with van der Waals surface area (Å²) in [5, 5.41) is 3.66. The molecule has 102 valence electrons. The van der Waals surface area contributed by atoms with Gasteiger partial charge in [-0.05, 0) is 44.2 Å². The number of benzene rings is 1. The van der Waals surface area contributed by atoms with E-state index in [0.717, 1.165) is 0 Å². The van der Waals surface area contributed by atoms with Crippen molar-refractivity contribution in [1.82, 2.24) is 5.32 Å². The van der Waals surface area contributed by atoms with Crippen LogP contribution in [-0.4, -0.2) is 6.04 Å². The average molecular weight is 247 g/mol. The first-order valence-corrected chi connectivity index (χ1v) is 7.52. The summed E-state index contributed by atoms with van der Waals surface area (Å²) in [6.45, 7) is 9.02. The molecule has 0 saturated carbocycles. The van der Waals surface area contributed by atoms with E-state index in [-0.39, 0.29) is 0 Å². The molecule has 1 nitrogen and oxygen atoms in total. The van der Waals surface area contributed by atoms with Gasteiger partial charge >= 0.3 is 0 Å². The third-order valence-corrected chi connectivity index (χ3v) is 3.55. The first kappa shape index (κ1) is 15.2. The lowest BCUT2D eigenvalue weighted by Crippen LogP contribution is -2.28. The van der Waals surface area contributed by atoms with Crippen LogP contribution in [-0.2, 0) is 6.42 Å². The Bertz CT molecular complexity index is 315. The van der Waals surface area contributed by atoms with Gasteiger partial charge in [-0.3, -0.25) is 0 Å². The maximum atomic E-state index is 3.66. The van der Waals surface area contributed by atoms with Gasteiger partial charge in [-0.25, -0.2) is 0 Å². The Morgan fingerprint density at radius 1 is 1.00 bits per heavy atom. The lowest BCUT2D eigenvalue weighted by atomic mass is 10.0. The Balaban J connectivity index is 2.50. The van der Waals surface area contributed by atoms with Crippen LogP contribution >= 0.6 is 0 Å². The van der Waals surface area contributed by atoms with Crippen LogP contribution in [0.3, 0.4) is 0 Å². The van der Waals surface area contributed by atoms with Gasteiger partial charge in [0.05, 0.1) is 0 Å². The van der Waals surface area contributed by atoms with Crippen LogP contribution in [0.5, 0.6) is 0 Å². The normalized spacial score (nSPS) is 14.4. The van der Waals surface area contributed by atoms with Crippen LogP contribution in [0.4, 0.5) is 0 Å². The van der Waals surface area contributed by atoms with E-state index in [0.29, 0.717) is 12.1 Å². The summed E-state index contributed by atoms with van der Waals surface area (Å²) in [7, 11) is 0. The highest BCUT2D eigenvalue weighted by molar-refractivity contribution is 5.24. The Morgan fingerprint density at radius 3 is 2.22 bits per heavy atom. The summed E-state index contributed by atoms with van der Waals surface area (Å²) in [5.74, 6) is 0. The fraction of sp³-hybridized carbons (Fsp3) is 0.647. The van der Waals surface area contributed by atoms with Crippen molar-refractivity contribution in [3.8, 4) is 0 Å². The smallest absolute Gasteiger partial charge is 0.0294 e. The van der Waals surface area contributed by atoms with E-state index in [2.05, 4.69) is 57.3 Å². The van der Waals surface area contributed by atoms with E-state index in [1.807, 2.05) is 0 Å². The van der Waals surface area contributed by atoms with Gasteiger partial charge < -0.3 is 5.32 Å². The summed E-state index contributed by atoms with van der Waals surface area (Å²) >= 11 is 0. The molecule has 0 aliphatic heterocycles. The monoisotopic (exact) mass is 247 g/mol. The van der Waals surface area contributed by atoms with E-state index in [1.54, 1.807) is 0 Å². The van der Waals surface area contributed by atoms with Crippen molar-refractivity contribution < 1.29 is 0 Å². The minimum Gasteiger partial charge on any atom is -0.308 e. The van der Waals surface area contributed by atoms with E-state index >= 15 is 0 Å². The minimum absolute atomic E-state index is 0.451. The molecular formula is C17H29N. The van der Waals surface area contributed by atoms with Gasteiger partial charge in [0, 0.05) is 12.1 Å². The van der Waals surface area contributed by atoms with Crippen molar-refractivity contribution >= 4 is 0 Å². The minimum atomic E-state index is 0.451. The maximum Gasteiger partial charge on any atom is 0.0294 e. The van der Waals surface area contributed by atoms with E-state index in [4.69, 9.17) is 0 Å². The number of hydrogen-bond acceptors (Lipinski definition) is 1. The van der Waals surface area contributed by atoms with Crippen molar-refractivity contribution in [1.29, 1.82) is 0 Å². The average Bonchev–Trinajstić information content (AvgIpc) is 2.37. The highest BCUT2D eigenvalue weighted by Gasteiger charge is 2.08. The molecule has 0 fully saturated rings. The van der Waals surface area contributed by atoms with Crippen LogP contribution < -0.4 is 5.32 Å². The third kappa shape index (κ3) is 5.22. The number of aryl methyl sites for hydroxylation is 1. The molecule has 0 saturated heterocycles. The quantitative estimate of drug-likeness (QED) is 0.691. The zero-order valence-corrected chi connectivity index (χ0v) is 12.5. The highest BCUT2D eigenvalue weighted by atomic mass is 14.9. The van der Waals surface area contributed by atoms with Gasteiger partial charge in [0.15, 0.2) is 0 Å². The molecule has 0 radical (unpaired) electrons. The lowest BCUT2D eigenvalue weighted by Gasteiger charge is -2.20. The van der Waals surface area contributed by atoms with E-state index in [9.17, 15) is 0 Å². The van der Waals surface area contributed by atoms with Crippen molar-refractivity contribution in [3.63, 3.8) is 0 Å². The SMILES string of the molecule is CCCCc1ccc(C(C)NC(C)CCC)cc1. The predicted molar refractivity (Wildman–Crippen MR) is 81.0 cm³/mol. The largest absolute Gasteiger partial charge is 0.308 e. The molecule has 0 spiro atoms. The molecular weight excluding hydrogens is 218 g/mol. The summed E-state index contributed by atoms with van der Waals surface area (Å²) in [4.78, 5) is 0. The fourth-order valence-electron chi connectivity index (χ4n) is 2.39. The third-order valence-electron chi connectivity index (χ3n) is 3.55. The molecule has 0 aliphatic rings. The van der Waals surface area contributed by atoms with Gasteiger partial charge in [-0.15, -0.1) is 0 Å². The second-order valence-corrected chi connectivity index (χ2v) is 5.42. The molecule has 1 aromatic carbocycles. The van der Waals surface area contributed by atoms with Crippen LogP contribution in [0, 0.1) is 0 Å². The Morgan fingerprint density at radius 2 is 1.67 bits per heavy atom. The number of unbranched alkanes of at least 4 members (excludes halogenated alkanes) is 1. The highest BCUT2D eigenvalue weighted by Crippen LogP contribution is 2.16. The molecule has 0 amide bonds. The molecule has 1 rings (SSSR count). The van der Waals surface area contributed by atoms with Crippen LogP contribution in [0.25, 0.3) is 0 Å². The van der Waals surface area contributed by atoms with Crippen molar-refractivity contribution in [2.75, 3.05) is 0 Å². The summed E-state index contributed by atoms with van der Waals surface area (Å²) in [5.41, 5.74) is 2.87. The van der Waals surface area contributed by atoms with Gasteiger partial charge in [-0.2, -0.15) is 0 Å². The topological polar surface area (TPSA) is 12.0 Å². The van der Waals surface area contributed by atoms with Crippen LogP contribution in [0.1, 0.15) is 70.5 Å². The zero-order valence-electron chi connectivity index (χ0n) is 12.5. The molecule has 0 aliphatic carbocycles. The standard InChI is InChI=1S/C17H29N/c1-5-7-9-16-10-12-17(13-11-16)15(4)18-14(3)8-6-2/h10-15,18H,5-9H2,1-4H3. The van der Waals surface area contributed by atoms with Gasteiger partial charge in [0.25, 0.3) is 0 Å². The van der Waals surface area contributed by atoms with Crippen molar-refractivity contribution in [3.05, 3.63) is 35.4 Å². The molecule has 0 heterocycles. The summed E-state index contributed by atoms with van der Waals surface area (Å²) in [6.07, 6.45) is 6.27. The second kappa shape index (κ2) is 8.31. The molecule has 18 heavy (non-hydrogen) atoms. The fourth-order valence-corrected chi connectivity index (χ4v) is 2.39. The first-order valence-electron chi connectivity index (χ1n) is 7.52. The lowest BCUT2D eigenvalue weighted by molar-refractivity contribution is 0.452. The van der Waals surface area contributed by atoms with Gasteiger partial charge in [0.1, 0.15) is 0 Å². The van der Waals surface area contributed by atoms with Crippen molar-refractivity contribution in [2.45, 2.75) is 71.9 Å². The van der Waals surface area contributed by atoms with E-state index in [1.165, 1.54) is 43.2 Å². The summed E-state index contributed by atoms with van der Waals surface area (Å²) < 4.78 is 0. The van der Waals surface area contributed by atoms with Crippen molar-refractivity contribution in [2.24, 2.45) is 0 Å². The number of nitrogens with one attached hydrogen (secondary N) is 1. The molecule has 2 unspecified atom stereocenters. The van der Waals surface area contributed by atoms with E-state index < -0.39 is 0 Å². The molecule has 0 aromatic heterocycles. The van der Waals surface area contributed by atoms with Gasteiger partial charge in [-0.1, -0.05) is 51.0 Å². The number of rotatable bonds is 8. The number of hydrogen-bond donors (Lipinski definition) is 1. The van der Waals surface area contributed by atoms with Crippen LogP contribution in [0.15, 0.2) is 24.3 Å². The Hall–Kier alpha value is -0.820. The predicted octanol–water partition coefficient (Wildman–Crippen LogP) is 4.87. The zero-order chi connectivity index (χ0) is 13.4. The van der Waals surface area contributed by atoms with Gasteiger partial charge in [0.2, 0.25) is 0 Å². The molecule has 1 heteroatoms. The first-order chi connectivity index (χ1) is 8.67. The second-order valence-electron chi connectivity index (χ2n) is 5.42. The Labute approximate surface area is 113 Å². The summed E-state index contributed by atoms with van der Waals surface area (Å²) in [6, 6.07) is 10.2. The maximum absolute atomic E-state index is 3.66. The Kier molecular flexibility index (Phi) is 7.04. The molecule has 1 N–H and O–H groups in total.